The van der Waals surface area contributed by atoms with Crippen LogP contribution >= 0.6 is 0 Å². The predicted molar refractivity (Wildman–Crippen MR) is 73.2 cm³/mol. The van der Waals surface area contributed by atoms with Crippen LogP contribution in [0.15, 0.2) is 24.3 Å². The lowest BCUT2D eigenvalue weighted by atomic mass is 9.85. The van der Waals surface area contributed by atoms with Crippen LogP contribution in [0.1, 0.15) is 25.8 Å². The third-order valence-corrected chi connectivity index (χ3v) is 3.56. The minimum absolute atomic E-state index is 0.0865. The van der Waals surface area contributed by atoms with Gasteiger partial charge in [0.05, 0.1) is 18.6 Å². The number of carbonyl (C=O) groups excluding carboxylic acids is 1. The molecule has 0 saturated heterocycles. The fourth-order valence-electron chi connectivity index (χ4n) is 1.88. The molecule has 0 radical (unpaired) electrons. The Kier molecular flexibility index (Phi) is 6.08. The van der Waals surface area contributed by atoms with Gasteiger partial charge < -0.3 is 14.6 Å². The Morgan fingerprint density at radius 2 is 1.90 bits per heavy atom. The van der Waals surface area contributed by atoms with Crippen LogP contribution in [0.2, 0.25) is 0 Å². The number of esters is 1. The minimum atomic E-state index is -2.85. The van der Waals surface area contributed by atoms with Crippen LogP contribution < -0.4 is 4.74 Å². The van der Waals surface area contributed by atoms with Crippen molar-refractivity contribution < 1.29 is 28.2 Å². The van der Waals surface area contributed by atoms with Crippen molar-refractivity contribution in [2.75, 3.05) is 7.11 Å². The van der Waals surface area contributed by atoms with Crippen molar-refractivity contribution >= 4 is 5.97 Å². The normalized spacial score (nSPS) is 15.4. The molecule has 0 fully saturated rings. The van der Waals surface area contributed by atoms with E-state index in [1.807, 2.05) is 0 Å². The number of aliphatic hydroxyl groups is 1. The number of ether oxygens (including phenoxy) is 2. The molecule has 1 aromatic carbocycles. The zero-order valence-electron chi connectivity index (χ0n) is 12.3. The summed E-state index contributed by atoms with van der Waals surface area (Å²) < 4.78 is 32.9. The summed E-state index contributed by atoms with van der Waals surface area (Å²) in [7, 11) is 1.27. The van der Waals surface area contributed by atoms with Gasteiger partial charge in [-0.15, -0.1) is 0 Å². The van der Waals surface area contributed by atoms with E-state index in [1.54, 1.807) is 26.0 Å². The average Bonchev–Trinajstić information content (AvgIpc) is 2.44. The summed E-state index contributed by atoms with van der Waals surface area (Å²) in [6.07, 6.45) is 0.849. The van der Waals surface area contributed by atoms with Gasteiger partial charge in [-0.25, -0.2) is 0 Å². The topological polar surface area (TPSA) is 55.8 Å². The molecule has 0 aliphatic carbocycles. The molecule has 1 N–H and O–H groups in total. The van der Waals surface area contributed by atoms with E-state index in [0.717, 1.165) is 5.56 Å². The summed E-state index contributed by atoms with van der Waals surface area (Å²) >= 11 is 0. The number of carbonyl (C=O) groups is 1. The first-order valence-corrected chi connectivity index (χ1v) is 6.60. The molecule has 1 rings (SSSR count). The predicted octanol–water partition coefficient (Wildman–Crippen LogP) is 2.78. The van der Waals surface area contributed by atoms with Crippen molar-refractivity contribution in [2.24, 2.45) is 5.92 Å². The number of halogens is 2. The van der Waals surface area contributed by atoms with Crippen LogP contribution in [0.25, 0.3) is 0 Å². The molecular weight excluding hydrogens is 282 g/mol. The SMILES string of the molecule is COC(=O)C(C)C(C)(O)CCc1ccc(OC(F)F)cc1. The van der Waals surface area contributed by atoms with Crippen molar-refractivity contribution in [3.05, 3.63) is 29.8 Å². The molecule has 0 saturated carbocycles. The molecule has 0 spiro atoms. The molecule has 0 aromatic heterocycles. The fraction of sp³-hybridized carbons (Fsp3) is 0.533. The van der Waals surface area contributed by atoms with E-state index in [-0.39, 0.29) is 5.75 Å². The third kappa shape index (κ3) is 5.30. The standard InChI is InChI=1S/C15H20F2O4/c1-10(13(18)20-3)15(2,19)9-8-11-4-6-12(7-5-11)21-14(16)17/h4-7,10,14,19H,8-9H2,1-3H3. The number of methoxy groups -OCH3 is 1. The highest BCUT2D eigenvalue weighted by Crippen LogP contribution is 2.25. The summed E-state index contributed by atoms with van der Waals surface area (Å²) in [6, 6.07) is 6.19. The smallest absolute Gasteiger partial charge is 0.387 e. The Balaban J connectivity index is 2.60. The minimum Gasteiger partial charge on any atom is -0.469 e. The lowest BCUT2D eigenvalue weighted by molar-refractivity contribution is -0.153. The Morgan fingerprint density at radius 3 is 2.38 bits per heavy atom. The molecule has 118 valence electrons. The molecule has 0 aliphatic rings. The molecule has 4 nitrogen and oxygen atoms in total. The highest BCUT2D eigenvalue weighted by Gasteiger charge is 2.34. The number of hydrogen-bond acceptors (Lipinski definition) is 4. The second-order valence-electron chi connectivity index (χ2n) is 5.12. The summed E-state index contributed by atoms with van der Waals surface area (Å²) in [4.78, 5) is 11.4. The van der Waals surface area contributed by atoms with Gasteiger partial charge in [0, 0.05) is 0 Å². The van der Waals surface area contributed by atoms with Crippen LogP contribution in [0.4, 0.5) is 8.78 Å². The molecule has 21 heavy (non-hydrogen) atoms. The van der Waals surface area contributed by atoms with E-state index < -0.39 is 24.1 Å². The van der Waals surface area contributed by atoms with Crippen LogP contribution in [0, 0.1) is 5.92 Å². The van der Waals surface area contributed by atoms with Crippen molar-refractivity contribution in [2.45, 2.75) is 38.9 Å². The maximum atomic E-state index is 12.0. The van der Waals surface area contributed by atoms with Crippen LogP contribution in [0.5, 0.6) is 5.75 Å². The molecule has 0 heterocycles. The number of aryl methyl sites for hydroxylation is 1. The molecule has 0 aliphatic heterocycles. The van der Waals surface area contributed by atoms with E-state index in [4.69, 9.17) is 0 Å². The van der Waals surface area contributed by atoms with Gasteiger partial charge in [-0.05, 0) is 44.4 Å². The van der Waals surface area contributed by atoms with Gasteiger partial charge >= 0.3 is 12.6 Å². The Bertz CT molecular complexity index is 457. The fourth-order valence-corrected chi connectivity index (χ4v) is 1.88. The number of alkyl halides is 2. The van der Waals surface area contributed by atoms with E-state index in [0.29, 0.717) is 12.8 Å². The van der Waals surface area contributed by atoms with Crippen molar-refractivity contribution in [3.63, 3.8) is 0 Å². The molecule has 2 unspecified atom stereocenters. The first-order valence-electron chi connectivity index (χ1n) is 6.60. The quantitative estimate of drug-likeness (QED) is 0.787. The molecule has 1 aromatic rings. The molecular formula is C15H20F2O4. The van der Waals surface area contributed by atoms with Gasteiger partial charge in [0.2, 0.25) is 0 Å². The second-order valence-corrected chi connectivity index (χ2v) is 5.12. The summed E-state index contributed by atoms with van der Waals surface area (Å²) in [5.74, 6) is -1.03. The zero-order valence-corrected chi connectivity index (χ0v) is 12.3. The third-order valence-electron chi connectivity index (χ3n) is 3.56. The molecule has 2 atom stereocenters. The first-order chi connectivity index (χ1) is 9.76. The monoisotopic (exact) mass is 302 g/mol. The maximum absolute atomic E-state index is 12.0. The zero-order chi connectivity index (χ0) is 16.0. The summed E-state index contributed by atoms with van der Waals surface area (Å²) in [5, 5.41) is 10.3. The van der Waals surface area contributed by atoms with Crippen molar-refractivity contribution in [3.8, 4) is 5.75 Å². The van der Waals surface area contributed by atoms with Crippen LogP contribution in [-0.2, 0) is 16.0 Å². The van der Waals surface area contributed by atoms with Gasteiger partial charge in [-0.1, -0.05) is 12.1 Å². The van der Waals surface area contributed by atoms with Gasteiger partial charge in [-0.3, -0.25) is 4.79 Å². The van der Waals surface area contributed by atoms with Gasteiger partial charge in [0.15, 0.2) is 0 Å². The Hall–Kier alpha value is -1.69. The summed E-state index contributed by atoms with van der Waals surface area (Å²) in [6.45, 7) is 0.325. The largest absolute Gasteiger partial charge is 0.469 e. The lowest BCUT2D eigenvalue weighted by Crippen LogP contribution is -2.38. The highest BCUT2D eigenvalue weighted by atomic mass is 19.3. The summed E-state index contributed by atoms with van der Waals surface area (Å²) in [5.41, 5.74) is -0.348. The van der Waals surface area contributed by atoms with Crippen LogP contribution in [-0.4, -0.2) is 30.4 Å². The van der Waals surface area contributed by atoms with Gasteiger partial charge in [-0.2, -0.15) is 8.78 Å². The Labute approximate surface area is 122 Å². The van der Waals surface area contributed by atoms with Crippen LogP contribution in [0.3, 0.4) is 0 Å². The van der Waals surface area contributed by atoms with E-state index in [2.05, 4.69) is 9.47 Å². The van der Waals surface area contributed by atoms with E-state index >= 15 is 0 Å². The number of hydrogen-bond donors (Lipinski definition) is 1. The second kappa shape index (κ2) is 7.36. The first kappa shape index (κ1) is 17.4. The highest BCUT2D eigenvalue weighted by molar-refractivity contribution is 5.73. The number of rotatable bonds is 7. The van der Waals surface area contributed by atoms with E-state index in [1.165, 1.54) is 19.2 Å². The van der Waals surface area contributed by atoms with E-state index in [9.17, 15) is 18.7 Å². The van der Waals surface area contributed by atoms with Crippen molar-refractivity contribution in [1.82, 2.24) is 0 Å². The Morgan fingerprint density at radius 1 is 1.33 bits per heavy atom. The molecule has 0 bridgehead atoms. The number of benzene rings is 1. The molecule has 6 heteroatoms. The van der Waals surface area contributed by atoms with Gasteiger partial charge in [0.1, 0.15) is 5.75 Å². The van der Waals surface area contributed by atoms with Gasteiger partial charge in [0.25, 0.3) is 0 Å². The lowest BCUT2D eigenvalue weighted by Gasteiger charge is -2.28. The average molecular weight is 302 g/mol. The molecule has 0 amide bonds. The maximum Gasteiger partial charge on any atom is 0.387 e. The van der Waals surface area contributed by atoms with Crippen molar-refractivity contribution in [1.29, 1.82) is 0 Å².